The van der Waals surface area contributed by atoms with Gasteiger partial charge >= 0.3 is 0 Å². The normalized spacial score (nSPS) is 16.0. The smallest absolute Gasteiger partial charge is 0.252 e. The molecular formula is C23H26ClN3O3S. The highest BCUT2D eigenvalue weighted by molar-refractivity contribution is 7.80. The number of hydrogen-bond donors (Lipinski definition) is 1. The third-order valence-corrected chi connectivity index (χ3v) is 5.81. The number of nitrogens with one attached hydrogen (secondary N) is 1. The van der Waals surface area contributed by atoms with E-state index in [1.165, 1.54) is 0 Å². The van der Waals surface area contributed by atoms with Crippen LogP contribution in [0.5, 0.6) is 5.75 Å². The fraction of sp³-hybridized carbons (Fsp3) is 0.348. The highest BCUT2D eigenvalue weighted by Crippen LogP contribution is 2.23. The van der Waals surface area contributed by atoms with Gasteiger partial charge in [-0.3, -0.25) is 14.5 Å². The lowest BCUT2D eigenvalue weighted by Gasteiger charge is -2.23. The number of benzene rings is 2. The zero-order valence-electron chi connectivity index (χ0n) is 17.6. The van der Waals surface area contributed by atoms with Gasteiger partial charge in [0.2, 0.25) is 5.91 Å². The molecule has 0 saturated carbocycles. The van der Waals surface area contributed by atoms with E-state index in [0.717, 1.165) is 11.3 Å². The Morgan fingerprint density at radius 1 is 1.13 bits per heavy atom. The molecule has 1 N–H and O–H groups in total. The number of ether oxygens (including phenoxy) is 1. The Labute approximate surface area is 193 Å². The van der Waals surface area contributed by atoms with Crippen LogP contribution in [0.3, 0.4) is 0 Å². The van der Waals surface area contributed by atoms with E-state index in [9.17, 15) is 9.59 Å². The van der Waals surface area contributed by atoms with Crippen molar-refractivity contribution in [2.24, 2.45) is 0 Å². The molecule has 31 heavy (non-hydrogen) atoms. The van der Waals surface area contributed by atoms with Crippen molar-refractivity contribution in [2.75, 3.05) is 25.0 Å². The molecule has 2 amide bonds. The van der Waals surface area contributed by atoms with Gasteiger partial charge in [-0.05, 0) is 74.4 Å². The molecule has 2 aromatic rings. The SMILES string of the molecule is CCOc1ccc(NC(=O)CC2C(=O)N(CC)C(=S)N2CCc2ccc(Cl)cc2)cc1. The maximum Gasteiger partial charge on any atom is 0.252 e. The number of thiocarbonyl (C=S) groups is 1. The minimum Gasteiger partial charge on any atom is -0.494 e. The Morgan fingerprint density at radius 2 is 1.81 bits per heavy atom. The topological polar surface area (TPSA) is 61.9 Å². The van der Waals surface area contributed by atoms with E-state index >= 15 is 0 Å². The minimum atomic E-state index is -0.609. The standard InChI is InChI=1S/C23H26ClN3O3S/c1-3-26-22(29)20(15-21(28)25-18-9-11-19(12-10-18)30-4-2)27(23(26)31)14-13-16-5-7-17(24)8-6-16/h5-12,20H,3-4,13-15H2,1-2H3,(H,25,28). The molecule has 8 heteroatoms. The number of rotatable bonds is 9. The molecule has 1 fully saturated rings. The summed E-state index contributed by atoms with van der Waals surface area (Å²) in [5, 5.41) is 4.01. The van der Waals surface area contributed by atoms with Crippen molar-refractivity contribution < 1.29 is 14.3 Å². The zero-order valence-corrected chi connectivity index (χ0v) is 19.2. The number of carbonyl (C=O) groups is 2. The van der Waals surface area contributed by atoms with Crippen molar-refractivity contribution in [2.45, 2.75) is 32.7 Å². The molecule has 0 aliphatic carbocycles. The van der Waals surface area contributed by atoms with E-state index in [-0.39, 0.29) is 18.2 Å². The number of anilines is 1. The Kier molecular flexibility index (Phi) is 7.87. The second kappa shape index (κ2) is 10.6. The average Bonchev–Trinajstić information content (AvgIpc) is 2.98. The summed E-state index contributed by atoms with van der Waals surface area (Å²) < 4.78 is 5.42. The quantitative estimate of drug-likeness (QED) is 0.571. The summed E-state index contributed by atoms with van der Waals surface area (Å²) in [5.41, 5.74) is 1.74. The first kappa shape index (κ1) is 23.0. The third-order valence-electron chi connectivity index (χ3n) is 5.10. The van der Waals surface area contributed by atoms with Crippen LogP contribution in [0.25, 0.3) is 0 Å². The molecule has 0 bridgehead atoms. The van der Waals surface area contributed by atoms with Crippen LogP contribution in [0.15, 0.2) is 48.5 Å². The van der Waals surface area contributed by atoms with Gasteiger partial charge in [0.25, 0.3) is 5.91 Å². The van der Waals surface area contributed by atoms with Crippen LogP contribution in [0.2, 0.25) is 5.02 Å². The van der Waals surface area contributed by atoms with E-state index in [2.05, 4.69) is 5.32 Å². The maximum atomic E-state index is 12.9. The van der Waals surface area contributed by atoms with Crippen LogP contribution in [-0.4, -0.2) is 52.5 Å². The number of amides is 2. The maximum absolute atomic E-state index is 12.9. The summed E-state index contributed by atoms with van der Waals surface area (Å²) in [6.07, 6.45) is 0.725. The van der Waals surface area contributed by atoms with E-state index < -0.39 is 6.04 Å². The molecule has 164 valence electrons. The molecule has 1 aliphatic heterocycles. The molecule has 2 aromatic carbocycles. The van der Waals surface area contributed by atoms with Crippen molar-refractivity contribution in [3.8, 4) is 5.75 Å². The van der Waals surface area contributed by atoms with E-state index in [1.54, 1.807) is 29.2 Å². The van der Waals surface area contributed by atoms with Crippen LogP contribution in [0, 0.1) is 0 Å². The second-order valence-electron chi connectivity index (χ2n) is 7.16. The molecule has 0 spiro atoms. The first-order valence-corrected chi connectivity index (χ1v) is 11.1. The molecule has 6 nitrogen and oxygen atoms in total. The van der Waals surface area contributed by atoms with Crippen LogP contribution < -0.4 is 10.1 Å². The third kappa shape index (κ3) is 5.74. The largest absolute Gasteiger partial charge is 0.494 e. The van der Waals surface area contributed by atoms with Crippen molar-refractivity contribution >= 4 is 46.4 Å². The van der Waals surface area contributed by atoms with Crippen molar-refractivity contribution in [1.29, 1.82) is 0 Å². The molecule has 1 atom stereocenters. The minimum absolute atomic E-state index is 0.0311. The molecule has 1 heterocycles. The summed E-state index contributed by atoms with van der Waals surface area (Å²) in [7, 11) is 0. The summed E-state index contributed by atoms with van der Waals surface area (Å²) in [6.45, 7) is 5.39. The monoisotopic (exact) mass is 459 g/mol. The first-order valence-electron chi connectivity index (χ1n) is 10.3. The summed E-state index contributed by atoms with van der Waals surface area (Å²) in [5.74, 6) is 0.369. The van der Waals surface area contributed by atoms with Gasteiger partial charge in [0, 0.05) is 23.8 Å². The molecule has 1 saturated heterocycles. The Bertz CT molecular complexity index is 934. The number of nitrogens with zero attached hydrogens (tertiary/aromatic N) is 2. The Morgan fingerprint density at radius 3 is 2.42 bits per heavy atom. The van der Waals surface area contributed by atoms with Gasteiger partial charge in [-0.15, -0.1) is 0 Å². The van der Waals surface area contributed by atoms with Gasteiger partial charge in [0.15, 0.2) is 5.11 Å². The summed E-state index contributed by atoms with van der Waals surface area (Å²) >= 11 is 11.5. The Hall–Kier alpha value is -2.64. The molecule has 1 aliphatic rings. The van der Waals surface area contributed by atoms with Crippen molar-refractivity contribution in [3.63, 3.8) is 0 Å². The predicted molar refractivity (Wildman–Crippen MR) is 126 cm³/mol. The molecule has 3 rings (SSSR count). The van der Waals surface area contributed by atoms with Gasteiger partial charge in [0.1, 0.15) is 11.8 Å². The van der Waals surface area contributed by atoms with Crippen LogP contribution >= 0.6 is 23.8 Å². The van der Waals surface area contributed by atoms with Crippen molar-refractivity contribution in [1.82, 2.24) is 9.80 Å². The fourth-order valence-electron chi connectivity index (χ4n) is 3.53. The number of likely N-dealkylation sites (N-methyl/N-ethyl adjacent to an activating group) is 1. The Balaban J connectivity index is 1.66. The van der Waals surface area contributed by atoms with Gasteiger partial charge < -0.3 is 15.0 Å². The lowest BCUT2D eigenvalue weighted by molar-refractivity contribution is -0.130. The predicted octanol–water partition coefficient (Wildman–Crippen LogP) is 4.13. The molecule has 0 radical (unpaired) electrons. The van der Waals surface area contributed by atoms with Gasteiger partial charge in [0.05, 0.1) is 13.0 Å². The lowest BCUT2D eigenvalue weighted by atomic mass is 10.1. The van der Waals surface area contributed by atoms with Gasteiger partial charge in [-0.2, -0.15) is 0 Å². The zero-order chi connectivity index (χ0) is 22.4. The average molecular weight is 460 g/mol. The lowest BCUT2D eigenvalue weighted by Crippen LogP contribution is -2.39. The van der Waals surface area contributed by atoms with Crippen LogP contribution in [-0.2, 0) is 16.0 Å². The van der Waals surface area contributed by atoms with Crippen molar-refractivity contribution in [3.05, 3.63) is 59.1 Å². The number of carbonyl (C=O) groups excluding carboxylic acids is 2. The molecular weight excluding hydrogens is 434 g/mol. The van der Waals surface area contributed by atoms with Gasteiger partial charge in [-0.1, -0.05) is 23.7 Å². The fourth-order valence-corrected chi connectivity index (χ4v) is 4.09. The summed E-state index contributed by atoms with van der Waals surface area (Å²) in [4.78, 5) is 29.0. The first-order chi connectivity index (χ1) is 14.9. The van der Waals surface area contributed by atoms with E-state index in [1.807, 2.05) is 43.0 Å². The highest BCUT2D eigenvalue weighted by atomic mass is 35.5. The number of hydrogen-bond acceptors (Lipinski definition) is 4. The van der Waals surface area contributed by atoms with Gasteiger partial charge in [-0.25, -0.2) is 0 Å². The van der Waals surface area contributed by atoms with E-state index in [0.29, 0.717) is 41.9 Å². The molecule has 0 aromatic heterocycles. The second-order valence-corrected chi connectivity index (χ2v) is 7.96. The highest BCUT2D eigenvalue weighted by Gasteiger charge is 2.42. The number of halogens is 1. The van der Waals surface area contributed by atoms with Crippen LogP contribution in [0.1, 0.15) is 25.8 Å². The molecule has 1 unspecified atom stereocenters. The van der Waals surface area contributed by atoms with Crippen LogP contribution in [0.4, 0.5) is 5.69 Å². The summed E-state index contributed by atoms with van der Waals surface area (Å²) in [6, 6.07) is 14.1. The van der Waals surface area contributed by atoms with E-state index in [4.69, 9.17) is 28.6 Å².